The van der Waals surface area contributed by atoms with Crippen molar-refractivity contribution < 1.29 is 9.47 Å². The van der Waals surface area contributed by atoms with Crippen LogP contribution in [0.1, 0.15) is 12.0 Å². The molecular formula is C15H19NO2. The summed E-state index contributed by atoms with van der Waals surface area (Å²) in [4.78, 5) is 0. The average Bonchev–Trinajstić information content (AvgIpc) is 2.43. The fourth-order valence-electron chi connectivity index (χ4n) is 2.18. The number of nitrogens with two attached hydrogens (primary N) is 1. The molecule has 3 heteroatoms. The van der Waals surface area contributed by atoms with E-state index in [1.54, 1.807) is 14.2 Å². The van der Waals surface area contributed by atoms with E-state index in [9.17, 15) is 0 Å². The van der Waals surface area contributed by atoms with Gasteiger partial charge in [-0.15, -0.1) is 0 Å². The predicted molar refractivity (Wildman–Crippen MR) is 74.4 cm³/mol. The van der Waals surface area contributed by atoms with Gasteiger partial charge in [0.05, 0.1) is 14.2 Å². The lowest BCUT2D eigenvalue weighted by molar-refractivity contribution is 0.409. The summed E-state index contributed by atoms with van der Waals surface area (Å²) in [5.41, 5.74) is 6.75. The van der Waals surface area contributed by atoms with Crippen LogP contribution in [0.5, 0.6) is 11.5 Å². The van der Waals surface area contributed by atoms with Crippen molar-refractivity contribution in [2.75, 3.05) is 20.8 Å². The van der Waals surface area contributed by atoms with Gasteiger partial charge in [-0.3, -0.25) is 0 Å². The molecule has 0 aliphatic heterocycles. The zero-order valence-corrected chi connectivity index (χ0v) is 10.9. The minimum Gasteiger partial charge on any atom is -0.496 e. The van der Waals surface area contributed by atoms with Crippen LogP contribution in [0, 0.1) is 0 Å². The highest BCUT2D eigenvalue weighted by Crippen LogP contribution is 2.32. The fraction of sp³-hybridized carbons (Fsp3) is 0.333. The lowest BCUT2D eigenvalue weighted by Crippen LogP contribution is -2.01. The van der Waals surface area contributed by atoms with Crippen molar-refractivity contribution >= 4 is 10.8 Å². The van der Waals surface area contributed by atoms with E-state index in [1.807, 2.05) is 12.1 Å². The summed E-state index contributed by atoms with van der Waals surface area (Å²) < 4.78 is 10.8. The van der Waals surface area contributed by atoms with Gasteiger partial charge < -0.3 is 15.2 Å². The van der Waals surface area contributed by atoms with Gasteiger partial charge in [0.25, 0.3) is 0 Å². The van der Waals surface area contributed by atoms with E-state index in [1.165, 1.54) is 5.56 Å². The van der Waals surface area contributed by atoms with Crippen LogP contribution in [0.3, 0.4) is 0 Å². The number of ether oxygens (including phenoxy) is 2. The molecule has 0 aliphatic carbocycles. The van der Waals surface area contributed by atoms with Gasteiger partial charge in [0, 0.05) is 5.39 Å². The summed E-state index contributed by atoms with van der Waals surface area (Å²) in [6, 6.07) is 10.2. The third-order valence-electron chi connectivity index (χ3n) is 3.11. The van der Waals surface area contributed by atoms with Crippen molar-refractivity contribution in [3.8, 4) is 11.5 Å². The molecule has 96 valence electrons. The van der Waals surface area contributed by atoms with Crippen LogP contribution in [-0.2, 0) is 6.42 Å². The first kappa shape index (κ1) is 12.7. The molecule has 0 spiro atoms. The number of benzene rings is 2. The lowest BCUT2D eigenvalue weighted by Gasteiger charge is -2.12. The largest absolute Gasteiger partial charge is 0.496 e. The molecule has 0 amide bonds. The molecule has 18 heavy (non-hydrogen) atoms. The monoisotopic (exact) mass is 245 g/mol. The Morgan fingerprint density at radius 3 is 2.50 bits per heavy atom. The molecule has 0 fully saturated rings. The molecule has 0 atom stereocenters. The quantitative estimate of drug-likeness (QED) is 0.881. The molecule has 0 saturated carbocycles. The number of aryl methyl sites for hydroxylation is 1. The van der Waals surface area contributed by atoms with Crippen LogP contribution >= 0.6 is 0 Å². The molecule has 0 aromatic heterocycles. The molecule has 2 aromatic carbocycles. The summed E-state index contributed by atoms with van der Waals surface area (Å²) in [5, 5.41) is 2.25. The number of rotatable bonds is 5. The molecule has 0 saturated heterocycles. The summed E-state index contributed by atoms with van der Waals surface area (Å²) in [7, 11) is 3.39. The SMILES string of the molecule is COc1cc2cccc(OC)c2cc1CCCN. The second-order valence-electron chi connectivity index (χ2n) is 4.24. The zero-order valence-electron chi connectivity index (χ0n) is 10.9. The highest BCUT2D eigenvalue weighted by molar-refractivity contribution is 5.90. The van der Waals surface area contributed by atoms with E-state index in [0.29, 0.717) is 6.54 Å². The van der Waals surface area contributed by atoms with Crippen LogP contribution in [0.25, 0.3) is 10.8 Å². The molecule has 3 nitrogen and oxygen atoms in total. The molecule has 0 heterocycles. The third kappa shape index (κ3) is 2.41. The topological polar surface area (TPSA) is 44.5 Å². The van der Waals surface area contributed by atoms with Crippen molar-refractivity contribution in [3.63, 3.8) is 0 Å². The Morgan fingerprint density at radius 2 is 1.83 bits per heavy atom. The lowest BCUT2D eigenvalue weighted by atomic mass is 10.0. The highest BCUT2D eigenvalue weighted by atomic mass is 16.5. The summed E-state index contributed by atoms with van der Waals surface area (Å²) in [6.45, 7) is 0.688. The van der Waals surface area contributed by atoms with E-state index < -0.39 is 0 Å². The fourth-order valence-corrected chi connectivity index (χ4v) is 2.18. The summed E-state index contributed by atoms with van der Waals surface area (Å²) in [5.74, 6) is 1.81. The van der Waals surface area contributed by atoms with Gasteiger partial charge in [-0.25, -0.2) is 0 Å². The van der Waals surface area contributed by atoms with Crippen LogP contribution in [0.4, 0.5) is 0 Å². The van der Waals surface area contributed by atoms with Crippen molar-refractivity contribution in [2.45, 2.75) is 12.8 Å². The predicted octanol–water partition coefficient (Wildman–Crippen LogP) is 2.75. The van der Waals surface area contributed by atoms with Crippen molar-refractivity contribution in [1.29, 1.82) is 0 Å². The van der Waals surface area contributed by atoms with Crippen molar-refractivity contribution in [2.24, 2.45) is 5.73 Å². The molecule has 2 N–H and O–H groups in total. The van der Waals surface area contributed by atoms with E-state index >= 15 is 0 Å². The molecule has 0 unspecified atom stereocenters. The minimum absolute atomic E-state index is 0.688. The second-order valence-corrected chi connectivity index (χ2v) is 4.24. The normalized spacial score (nSPS) is 10.6. The second kappa shape index (κ2) is 5.74. The molecule has 0 bridgehead atoms. The number of hydrogen-bond acceptors (Lipinski definition) is 3. The molecule has 2 aromatic rings. The molecular weight excluding hydrogens is 226 g/mol. The Hall–Kier alpha value is -1.74. The number of fused-ring (bicyclic) bond motifs is 1. The Kier molecular flexibility index (Phi) is 4.05. The van der Waals surface area contributed by atoms with E-state index in [2.05, 4.69) is 18.2 Å². The van der Waals surface area contributed by atoms with Gasteiger partial charge in [0.15, 0.2) is 0 Å². The smallest absolute Gasteiger partial charge is 0.126 e. The van der Waals surface area contributed by atoms with E-state index in [4.69, 9.17) is 15.2 Å². The van der Waals surface area contributed by atoms with Gasteiger partial charge in [0.2, 0.25) is 0 Å². The Morgan fingerprint density at radius 1 is 1.06 bits per heavy atom. The maximum absolute atomic E-state index is 5.57. The molecule has 0 aliphatic rings. The van der Waals surface area contributed by atoms with Gasteiger partial charge in [-0.2, -0.15) is 0 Å². The Bertz CT molecular complexity index is 537. The number of hydrogen-bond donors (Lipinski definition) is 1. The number of methoxy groups -OCH3 is 2. The minimum atomic E-state index is 0.688. The molecule has 2 rings (SSSR count). The third-order valence-corrected chi connectivity index (χ3v) is 3.11. The van der Waals surface area contributed by atoms with E-state index in [-0.39, 0.29) is 0 Å². The first-order chi connectivity index (χ1) is 8.80. The highest BCUT2D eigenvalue weighted by Gasteiger charge is 2.08. The van der Waals surface area contributed by atoms with Crippen molar-refractivity contribution in [1.82, 2.24) is 0 Å². The van der Waals surface area contributed by atoms with Crippen molar-refractivity contribution in [3.05, 3.63) is 35.9 Å². The maximum atomic E-state index is 5.57. The zero-order chi connectivity index (χ0) is 13.0. The average molecular weight is 245 g/mol. The maximum Gasteiger partial charge on any atom is 0.126 e. The van der Waals surface area contributed by atoms with Crippen LogP contribution in [-0.4, -0.2) is 20.8 Å². The Labute approximate surface area is 108 Å². The first-order valence-corrected chi connectivity index (χ1v) is 6.14. The van der Waals surface area contributed by atoms with Crippen LogP contribution in [0.2, 0.25) is 0 Å². The summed E-state index contributed by atoms with van der Waals surface area (Å²) >= 11 is 0. The van der Waals surface area contributed by atoms with Gasteiger partial charge in [0.1, 0.15) is 11.5 Å². The molecule has 0 radical (unpaired) electrons. The Balaban J connectivity index is 2.54. The standard InChI is InChI=1S/C15H19NO2/c1-17-14-7-3-5-11-10-15(18-2)12(6-4-8-16)9-13(11)14/h3,5,7,9-10H,4,6,8,16H2,1-2H3. The summed E-state index contributed by atoms with van der Waals surface area (Å²) in [6.07, 6.45) is 1.88. The van der Waals surface area contributed by atoms with Gasteiger partial charge in [-0.05, 0) is 48.5 Å². The van der Waals surface area contributed by atoms with Gasteiger partial charge in [-0.1, -0.05) is 12.1 Å². The first-order valence-electron chi connectivity index (χ1n) is 6.14. The van der Waals surface area contributed by atoms with Crippen LogP contribution in [0.15, 0.2) is 30.3 Å². The van der Waals surface area contributed by atoms with E-state index in [0.717, 1.165) is 35.1 Å². The van der Waals surface area contributed by atoms with Gasteiger partial charge >= 0.3 is 0 Å². The van der Waals surface area contributed by atoms with Crippen LogP contribution < -0.4 is 15.2 Å².